The highest BCUT2D eigenvalue weighted by Crippen LogP contribution is 2.26. The van der Waals surface area contributed by atoms with E-state index < -0.39 is 0 Å². The molecule has 0 fully saturated rings. The topological polar surface area (TPSA) is 61.0 Å². The molecule has 4 nitrogen and oxygen atoms in total. The zero-order valence-electron chi connectivity index (χ0n) is 13.3. The molecule has 2 aromatic rings. The maximum Gasteiger partial charge on any atom is 0.203 e. The smallest absolute Gasteiger partial charge is 0.203 e. The summed E-state index contributed by atoms with van der Waals surface area (Å²) in [6, 6.07) is 4.43. The fourth-order valence-corrected chi connectivity index (χ4v) is 3.18. The van der Waals surface area contributed by atoms with Crippen LogP contribution < -0.4 is 10.5 Å². The Morgan fingerprint density at radius 1 is 1.18 bits per heavy atom. The van der Waals surface area contributed by atoms with Gasteiger partial charge in [0, 0.05) is 6.42 Å². The molecule has 0 radical (unpaired) electrons. The van der Waals surface area contributed by atoms with E-state index in [9.17, 15) is 0 Å². The van der Waals surface area contributed by atoms with Crippen molar-refractivity contribution in [2.24, 2.45) is 0 Å². The van der Waals surface area contributed by atoms with Crippen LogP contribution in [0.1, 0.15) is 34.5 Å². The second kappa shape index (κ2) is 7.94. The summed E-state index contributed by atoms with van der Waals surface area (Å²) in [5, 5.41) is 9.46. The molecule has 0 spiro atoms. The molecule has 118 valence electrons. The van der Waals surface area contributed by atoms with Crippen LogP contribution >= 0.6 is 11.3 Å². The van der Waals surface area contributed by atoms with Gasteiger partial charge in [-0.15, -0.1) is 10.2 Å². The summed E-state index contributed by atoms with van der Waals surface area (Å²) in [5.74, 6) is 0.980. The number of hydrogen-bond acceptors (Lipinski definition) is 5. The minimum atomic E-state index is 0.548. The van der Waals surface area contributed by atoms with Crippen LogP contribution in [0.5, 0.6) is 5.75 Å². The zero-order chi connectivity index (χ0) is 15.9. The average molecular weight is 317 g/mol. The van der Waals surface area contributed by atoms with Crippen LogP contribution in [0.25, 0.3) is 0 Å². The quantitative estimate of drug-likeness (QED) is 0.593. The van der Waals surface area contributed by atoms with Crippen molar-refractivity contribution in [1.82, 2.24) is 10.2 Å². The molecule has 0 saturated carbocycles. The zero-order valence-corrected chi connectivity index (χ0v) is 14.1. The van der Waals surface area contributed by atoms with Crippen molar-refractivity contribution in [2.45, 2.75) is 39.5 Å². The van der Waals surface area contributed by atoms with Crippen LogP contribution in [-0.4, -0.2) is 16.8 Å². The van der Waals surface area contributed by atoms with Crippen molar-refractivity contribution in [1.29, 1.82) is 0 Å². The van der Waals surface area contributed by atoms with E-state index in [2.05, 4.69) is 42.8 Å². The maximum absolute atomic E-state index is 5.71. The first-order chi connectivity index (χ1) is 10.6. The van der Waals surface area contributed by atoms with Gasteiger partial charge in [0.25, 0.3) is 0 Å². The van der Waals surface area contributed by atoms with Crippen molar-refractivity contribution in [3.8, 4) is 5.75 Å². The lowest BCUT2D eigenvalue weighted by atomic mass is 10.0. The lowest BCUT2D eigenvalue weighted by Gasteiger charge is -2.13. The molecule has 1 aromatic heterocycles. The van der Waals surface area contributed by atoms with Crippen LogP contribution in [0.3, 0.4) is 0 Å². The number of aryl methyl sites for hydroxylation is 4. The number of rotatable bonds is 8. The normalized spacial score (nSPS) is 10.6. The predicted molar refractivity (Wildman–Crippen MR) is 92.6 cm³/mol. The van der Waals surface area contributed by atoms with Crippen molar-refractivity contribution in [3.63, 3.8) is 0 Å². The van der Waals surface area contributed by atoms with Crippen LogP contribution in [0.4, 0.5) is 5.13 Å². The first kappa shape index (κ1) is 16.5. The molecule has 0 saturated heterocycles. The molecule has 0 atom stereocenters. The molecule has 0 amide bonds. The van der Waals surface area contributed by atoms with Crippen LogP contribution in [0.2, 0.25) is 0 Å². The Morgan fingerprint density at radius 3 is 2.45 bits per heavy atom. The summed E-state index contributed by atoms with van der Waals surface area (Å²) in [4.78, 5) is 0. The molecule has 0 unspecified atom stereocenters. The lowest BCUT2D eigenvalue weighted by Crippen LogP contribution is -1.99. The molecule has 0 aliphatic heterocycles. The number of nitrogens with zero attached hydrogens (tertiary/aromatic N) is 2. The van der Waals surface area contributed by atoms with Gasteiger partial charge in [-0.3, -0.25) is 0 Å². The number of anilines is 1. The highest BCUT2D eigenvalue weighted by atomic mass is 32.1. The molecule has 1 heterocycles. The van der Waals surface area contributed by atoms with E-state index in [1.54, 1.807) is 6.08 Å². The molecule has 2 rings (SSSR count). The van der Waals surface area contributed by atoms with E-state index in [4.69, 9.17) is 10.5 Å². The van der Waals surface area contributed by atoms with Crippen LogP contribution in [0, 0.1) is 13.8 Å². The molecular weight excluding hydrogens is 294 g/mol. The summed E-state index contributed by atoms with van der Waals surface area (Å²) in [7, 11) is 0. The van der Waals surface area contributed by atoms with Crippen molar-refractivity contribution < 1.29 is 4.74 Å². The summed E-state index contributed by atoms with van der Waals surface area (Å²) in [5.41, 5.74) is 9.32. The number of benzene rings is 1. The van der Waals surface area contributed by atoms with Gasteiger partial charge < -0.3 is 10.5 Å². The van der Waals surface area contributed by atoms with Gasteiger partial charge in [-0.05, 0) is 49.8 Å². The van der Waals surface area contributed by atoms with E-state index in [1.807, 2.05) is 0 Å². The van der Waals surface area contributed by atoms with Gasteiger partial charge in [-0.2, -0.15) is 0 Å². The first-order valence-corrected chi connectivity index (χ1v) is 8.33. The van der Waals surface area contributed by atoms with Gasteiger partial charge >= 0.3 is 0 Å². The Morgan fingerprint density at radius 2 is 1.86 bits per heavy atom. The number of aromatic nitrogens is 2. The molecule has 1 aromatic carbocycles. The van der Waals surface area contributed by atoms with Crippen molar-refractivity contribution in [3.05, 3.63) is 46.5 Å². The van der Waals surface area contributed by atoms with Crippen LogP contribution in [-0.2, 0) is 12.8 Å². The Kier molecular flexibility index (Phi) is 5.95. The number of hydrogen-bond donors (Lipinski definition) is 1. The Balaban J connectivity index is 1.86. The third-order valence-corrected chi connectivity index (χ3v) is 4.27. The standard InChI is InChI=1S/C17H23N3OS/c1-4-9-21-16-12(2)10-14(11-13(16)3)7-5-6-8-15-19-20-17(18)22-15/h4,10-11H,1,5-9H2,2-3H3,(H2,18,20). The molecule has 0 bridgehead atoms. The summed E-state index contributed by atoms with van der Waals surface area (Å²) in [6.07, 6.45) is 6.02. The minimum absolute atomic E-state index is 0.548. The van der Waals surface area contributed by atoms with E-state index in [0.717, 1.165) is 36.4 Å². The number of unbranched alkanes of at least 4 members (excludes halogenated alkanes) is 1. The molecule has 0 aliphatic carbocycles. The molecule has 5 heteroatoms. The first-order valence-electron chi connectivity index (χ1n) is 7.52. The molecule has 2 N–H and O–H groups in total. The maximum atomic E-state index is 5.71. The lowest BCUT2D eigenvalue weighted by molar-refractivity contribution is 0.358. The third-order valence-electron chi connectivity index (χ3n) is 3.45. The van der Waals surface area contributed by atoms with Crippen molar-refractivity contribution >= 4 is 16.5 Å². The van der Waals surface area contributed by atoms with Gasteiger partial charge in [0.05, 0.1) is 0 Å². The monoisotopic (exact) mass is 317 g/mol. The van der Waals surface area contributed by atoms with Gasteiger partial charge in [-0.25, -0.2) is 0 Å². The Bertz CT molecular complexity index is 614. The molecule has 22 heavy (non-hydrogen) atoms. The van der Waals surface area contributed by atoms with Gasteiger partial charge in [0.15, 0.2) is 0 Å². The summed E-state index contributed by atoms with van der Waals surface area (Å²) < 4.78 is 5.71. The second-order valence-electron chi connectivity index (χ2n) is 5.40. The Labute approximate surface area is 136 Å². The minimum Gasteiger partial charge on any atom is -0.489 e. The number of nitrogens with two attached hydrogens (primary N) is 1. The van der Waals surface area contributed by atoms with E-state index in [1.165, 1.54) is 28.0 Å². The molecule has 0 aliphatic rings. The van der Waals surface area contributed by atoms with E-state index in [-0.39, 0.29) is 0 Å². The number of ether oxygens (including phenoxy) is 1. The fraction of sp³-hybridized carbons (Fsp3) is 0.412. The predicted octanol–water partition coefficient (Wildman–Crippen LogP) is 3.87. The number of nitrogen functional groups attached to an aromatic ring is 1. The highest BCUT2D eigenvalue weighted by molar-refractivity contribution is 7.15. The average Bonchev–Trinajstić information content (AvgIpc) is 2.88. The van der Waals surface area contributed by atoms with Crippen LogP contribution in [0.15, 0.2) is 24.8 Å². The highest BCUT2D eigenvalue weighted by Gasteiger charge is 2.07. The molecular formula is C17H23N3OS. The fourth-order valence-electron chi connectivity index (χ4n) is 2.53. The second-order valence-corrected chi connectivity index (χ2v) is 6.49. The van der Waals surface area contributed by atoms with Gasteiger partial charge in [0.2, 0.25) is 5.13 Å². The third kappa shape index (κ3) is 4.56. The van der Waals surface area contributed by atoms with E-state index in [0.29, 0.717) is 11.7 Å². The van der Waals surface area contributed by atoms with Gasteiger partial charge in [0.1, 0.15) is 17.4 Å². The van der Waals surface area contributed by atoms with Crippen molar-refractivity contribution in [2.75, 3.05) is 12.3 Å². The largest absolute Gasteiger partial charge is 0.489 e. The summed E-state index contributed by atoms with van der Waals surface area (Å²) >= 11 is 1.48. The van der Waals surface area contributed by atoms with Gasteiger partial charge in [-0.1, -0.05) is 36.1 Å². The Hall–Kier alpha value is -1.88. The van der Waals surface area contributed by atoms with E-state index >= 15 is 0 Å². The summed E-state index contributed by atoms with van der Waals surface area (Å²) in [6.45, 7) is 8.43. The SMILES string of the molecule is C=CCOc1c(C)cc(CCCCc2nnc(N)s2)cc1C.